The highest BCUT2D eigenvalue weighted by Crippen LogP contribution is 2.23. The minimum absolute atomic E-state index is 0.0144. The van der Waals surface area contributed by atoms with E-state index in [4.69, 9.17) is 5.11 Å². The van der Waals surface area contributed by atoms with Gasteiger partial charge in [0.15, 0.2) is 11.4 Å². The Hall–Kier alpha value is -2.21. The summed E-state index contributed by atoms with van der Waals surface area (Å²) in [5.41, 5.74) is 0.00826. The molecule has 1 aromatic rings. The fourth-order valence-corrected chi connectivity index (χ4v) is 2.79. The van der Waals surface area contributed by atoms with Gasteiger partial charge in [-0.1, -0.05) is 31.2 Å². The first-order valence-corrected chi connectivity index (χ1v) is 8.21. The zero-order valence-corrected chi connectivity index (χ0v) is 13.8. The van der Waals surface area contributed by atoms with Crippen molar-refractivity contribution in [2.45, 2.75) is 44.6 Å². The molecule has 0 aliphatic carbocycles. The second kappa shape index (κ2) is 7.57. The van der Waals surface area contributed by atoms with Crippen molar-refractivity contribution in [2.75, 3.05) is 13.1 Å². The van der Waals surface area contributed by atoms with Gasteiger partial charge in [0, 0.05) is 44.3 Å². The molecule has 0 spiro atoms. The standard InChI is InChI=1S/C18H23NO5/c1-2-13-3-5-14(6-4-13)15(20)7-8-16(21)19-11-9-18(24,10-12-19)17(22)23/h3-6,24H,2,7-12H2,1H3,(H,22,23). The van der Waals surface area contributed by atoms with Crippen molar-refractivity contribution in [3.8, 4) is 0 Å². The first-order valence-electron chi connectivity index (χ1n) is 8.21. The number of rotatable bonds is 6. The van der Waals surface area contributed by atoms with Crippen LogP contribution in [-0.2, 0) is 16.0 Å². The maximum absolute atomic E-state index is 12.2. The van der Waals surface area contributed by atoms with Gasteiger partial charge in [0.1, 0.15) is 0 Å². The highest BCUT2D eigenvalue weighted by Gasteiger charge is 2.40. The molecule has 6 heteroatoms. The van der Waals surface area contributed by atoms with Crippen LogP contribution in [0.3, 0.4) is 0 Å². The van der Waals surface area contributed by atoms with E-state index in [1.54, 1.807) is 12.1 Å². The molecular formula is C18H23NO5. The van der Waals surface area contributed by atoms with E-state index in [9.17, 15) is 19.5 Å². The van der Waals surface area contributed by atoms with Crippen LogP contribution in [0.2, 0.25) is 0 Å². The van der Waals surface area contributed by atoms with Crippen molar-refractivity contribution >= 4 is 17.7 Å². The molecule has 1 fully saturated rings. The number of hydrogen-bond acceptors (Lipinski definition) is 4. The largest absolute Gasteiger partial charge is 0.479 e. The van der Waals surface area contributed by atoms with Gasteiger partial charge >= 0.3 is 5.97 Å². The number of piperidine rings is 1. The Morgan fingerprint density at radius 3 is 2.17 bits per heavy atom. The summed E-state index contributed by atoms with van der Waals surface area (Å²) in [6.45, 7) is 2.43. The predicted octanol–water partition coefficient (Wildman–Crippen LogP) is 1.65. The van der Waals surface area contributed by atoms with Crippen molar-refractivity contribution in [3.05, 3.63) is 35.4 Å². The molecule has 1 saturated heterocycles. The second-order valence-electron chi connectivity index (χ2n) is 6.19. The van der Waals surface area contributed by atoms with Crippen LogP contribution in [0.1, 0.15) is 48.5 Å². The van der Waals surface area contributed by atoms with Gasteiger partial charge in [-0.05, 0) is 12.0 Å². The van der Waals surface area contributed by atoms with E-state index in [2.05, 4.69) is 0 Å². The summed E-state index contributed by atoms with van der Waals surface area (Å²) >= 11 is 0. The lowest BCUT2D eigenvalue weighted by atomic mass is 9.91. The molecule has 0 atom stereocenters. The summed E-state index contributed by atoms with van der Waals surface area (Å²) in [7, 11) is 0. The van der Waals surface area contributed by atoms with Gasteiger partial charge in [0.25, 0.3) is 0 Å². The zero-order chi connectivity index (χ0) is 17.7. The molecule has 0 radical (unpaired) electrons. The fraction of sp³-hybridized carbons (Fsp3) is 0.500. The summed E-state index contributed by atoms with van der Waals surface area (Å²) in [6, 6.07) is 7.37. The van der Waals surface area contributed by atoms with Crippen LogP contribution in [0.15, 0.2) is 24.3 Å². The van der Waals surface area contributed by atoms with Crippen LogP contribution in [-0.4, -0.2) is 51.5 Å². The third kappa shape index (κ3) is 4.20. The molecule has 2 rings (SSSR count). The lowest BCUT2D eigenvalue weighted by molar-refractivity contribution is -0.165. The normalized spacial score (nSPS) is 16.7. The van der Waals surface area contributed by atoms with Crippen LogP contribution in [0.5, 0.6) is 0 Å². The number of Topliss-reactive ketones (excluding diaryl/α,β-unsaturated/α-hetero) is 1. The Bertz CT molecular complexity index is 615. The van der Waals surface area contributed by atoms with E-state index in [0.29, 0.717) is 5.56 Å². The van der Waals surface area contributed by atoms with Gasteiger partial charge in [-0.15, -0.1) is 0 Å². The maximum atomic E-state index is 12.2. The lowest BCUT2D eigenvalue weighted by Gasteiger charge is -2.35. The van der Waals surface area contributed by atoms with Crippen molar-refractivity contribution in [3.63, 3.8) is 0 Å². The molecule has 24 heavy (non-hydrogen) atoms. The first kappa shape index (κ1) is 18.1. The average Bonchev–Trinajstić information content (AvgIpc) is 2.60. The van der Waals surface area contributed by atoms with E-state index in [0.717, 1.165) is 12.0 Å². The highest BCUT2D eigenvalue weighted by molar-refractivity contribution is 5.98. The zero-order valence-electron chi connectivity index (χ0n) is 13.8. The van der Waals surface area contributed by atoms with Gasteiger partial charge in [-0.3, -0.25) is 9.59 Å². The van der Waals surface area contributed by atoms with Crippen LogP contribution >= 0.6 is 0 Å². The number of benzene rings is 1. The fourth-order valence-electron chi connectivity index (χ4n) is 2.79. The number of likely N-dealkylation sites (tertiary alicyclic amines) is 1. The predicted molar refractivity (Wildman–Crippen MR) is 87.8 cm³/mol. The van der Waals surface area contributed by atoms with E-state index < -0.39 is 11.6 Å². The Balaban J connectivity index is 1.83. The molecule has 1 heterocycles. The monoisotopic (exact) mass is 333 g/mol. The summed E-state index contributed by atoms with van der Waals surface area (Å²) < 4.78 is 0. The smallest absolute Gasteiger partial charge is 0.335 e. The Morgan fingerprint density at radius 1 is 1.08 bits per heavy atom. The van der Waals surface area contributed by atoms with Crippen LogP contribution < -0.4 is 0 Å². The topological polar surface area (TPSA) is 94.9 Å². The number of ketones is 1. The summed E-state index contributed by atoms with van der Waals surface area (Å²) in [5, 5.41) is 18.8. The molecule has 1 aliphatic heterocycles. The van der Waals surface area contributed by atoms with Crippen LogP contribution in [0.4, 0.5) is 0 Å². The van der Waals surface area contributed by atoms with Gasteiger partial charge in [0.2, 0.25) is 5.91 Å². The van der Waals surface area contributed by atoms with E-state index >= 15 is 0 Å². The van der Waals surface area contributed by atoms with Crippen molar-refractivity contribution in [1.29, 1.82) is 0 Å². The molecule has 0 saturated carbocycles. The third-order valence-corrected chi connectivity index (χ3v) is 4.59. The lowest BCUT2D eigenvalue weighted by Crippen LogP contribution is -2.50. The quantitative estimate of drug-likeness (QED) is 0.772. The minimum atomic E-state index is -1.74. The molecule has 130 valence electrons. The van der Waals surface area contributed by atoms with Gasteiger partial charge in [-0.25, -0.2) is 4.79 Å². The minimum Gasteiger partial charge on any atom is -0.479 e. The van der Waals surface area contributed by atoms with Crippen molar-refractivity contribution in [1.82, 2.24) is 4.90 Å². The van der Waals surface area contributed by atoms with E-state index in [-0.39, 0.29) is 50.5 Å². The maximum Gasteiger partial charge on any atom is 0.335 e. The summed E-state index contributed by atoms with van der Waals surface area (Å²) in [5.74, 6) is -1.51. The van der Waals surface area contributed by atoms with Crippen molar-refractivity contribution < 1.29 is 24.6 Å². The van der Waals surface area contributed by atoms with Gasteiger partial charge < -0.3 is 15.1 Å². The number of carboxylic acids is 1. The molecule has 1 amide bonds. The van der Waals surface area contributed by atoms with Crippen LogP contribution in [0, 0.1) is 0 Å². The Morgan fingerprint density at radius 2 is 1.67 bits per heavy atom. The van der Waals surface area contributed by atoms with Crippen LogP contribution in [0.25, 0.3) is 0 Å². The number of aliphatic hydroxyl groups is 1. The number of carboxylic acid groups (broad SMARTS) is 1. The van der Waals surface area contributed by atoms with Gasteiger partial charge in [0.05, 0.1) is 0 Å². The third-order valence-electron chi connectivity index (χ3n) is 4.59. The highest BCUT2D eigenvalue weighted by atomic mass is 16.4. The number of carbonyl (C=O) groups excluding carboxylic acids is 2. The molecule has 0 bridgehead atoms. The van der Waals surface area contributed by atoms with E-state index in [1.807, 2.05) is 19.1 Å². The van der Waals surface area contributed by atoms with Crippen molar-refractivity contribution in [2.24, 2.45) is 0 Å². The molecule has 2 N–H and O–H groups in total. The number of carbonyl (C=O) groups is 3. The SMILES string of the molecule is CCc1ccc(C(=O)CCC(=O)N2CCC(O)(C(=O)O)CC2)cc1. The molecular weight excluding hydrogens is 310 g/mol. The number of amides is 1. The number of aliphatic carboxylic acids is 1. The molecule has 0 unspecified atom stereocenters. The molecule has 1 aliphatic rings. The summed E-state index contributed by atoms with van der Waals surface area (Å²) in [6.07, 6.45) is 1.16. The Labute approximate surface area is 141 Å². The number of hydrogen-bond donors (Lipinski definition) is 2. The number of nitrogens with zero attached hydrogens (tertiary/aromatic N) is 1. The molecule has 0 aromatic heterocycles. The molecule has 1 aromatic carbocycles. The summed E-state index contributed by atoms with van der Waals surface area (Å²) in [4.78, 5) is 36.8. The first-order chi connectivity index (χ1) is 11.4. The number of aryl methyl sites for hydroxylation is 1. The average molecular weight is 333 g/mol. The molecule has 6 nitrogen and oxygen atoms in total. The Kier molecular flexibility index (Phi) is 5.72. The van der Waals surface area contributed by atoms with Gasteiger partial charge in [-0.2, -0.15) is 0 Å². The van der Waals surface area contributed by atoms with E-state index in [1.165, 1.54) is 4.90 Å². The second-order valence-corrected chi connectivity index (χ2v) is 6.19.